The van der Waals surface area contributed by atoms with Crippen molar-refractivity contribution < 1.29 is 9.84 Å². The third kappa shape index (κ3) is 2.26. The number of hydrogen-bond acceptors (Lipinski definition) is 2. The molecular weight excluding hydrogens is 283 g/mol. The monoisotopic (exact) mass is 294 g/mol. The summed E-state index contributed by atoms with van der Waals surface area (Å²) in [5.74, 6) is 0.860. The average Bonchev–Trinajstić information content (AvgIpc) is 2.42. The summed E-state index contributed by atoms with van der Waals surface area (Å²) in [6, 6.07) is 9.14. The van der Waals surface area contributed by atoms with E-state index >= 15 is 0 Å². The molecule has 2 aromatic carbocycles. The summed E-state index contributed by atoms with van der Waals surface area (Å²) in [5, 5.41) is 10.3. The number of aromatic hydroxyl groups is 1. The molecule has 19 heavy (non-hydrogen) atoms. The van der Waals surface area contributed by atoms with Crippen molar-refractivity contribution in [3.63, 3.8) is 0 Å². The number of aryl methyl sites for hydroxylation is 1. The largest absolute Gasteiger partial charge is 0.506 e. The molecule has 4 heteroatoms. The van der Waals surface area contributed by atoms with Crippen molar-refractivity contribution in [3.05, 3.63) is 45.9 Å². The Balaban J connectivity index is 2.20. The van der Waals surface area contributed by atoms with Gasteiger partial charge in [-0.3, -0.25) is 0 Å². The van der Waals surface area contributed by atoms with Crippen molar-refractivity contribution in [3.8, 4) is 22.6 Å². The van der Waals surface area contributed by atoms with Crippen LogP contribution in [-0.2, 0) is 6.42 Å². The number of ether oxygens (including phenoxy) is 1. The van der Waals surface area contributed by atoms with Crippen LogP contribution < -0.4 is 4.74 Å². The first kappa shape index (κ1) is 12.6. The highest BCUT2D eigenvalue weighted by Gasteiger charge is 2.18. The van der Waals surface area contributed by atoms with Crippen molar-refractivity contribution in [2.45, 2.75) is 12.8 Å². The summed E-state index contributed by atoms with van der Waals surface area (Å²) in [5.41, 5.74) is 2.89. The SMILES string of the molecule is Oc1cc(Cl)c(-c2cccc3c2OCCC3)cc1Cl. The van der Waals surface area contributed by atoms with Gasteiger partial charge < -0.3 is 9.84 Å². The van der Waals surface area contributed by atoms with Crippen molar-refractivity contribution in [2.24, 2.45) is 0 Å². The Labute approximate surface area is 121 Å². The predicted octanol–water partition coefficient (Wildman–Crippen LogP) is 4.69. The molecule has 0 amide bonds. The molecule has 3 rings (SSSR count). The zero-order chi connectivity index (χ0) is 13.4. The number of hydrogen-bond donors (Lipinski definition) is 1. The van der Waals surface area contributed by atoms with E-state index in [9.17, 15) is 5.11 Å². The van der Waals surface area contributed by atoms with Gasteiger partial charge in [0.05, 0.1) is 16.7 Å². The smallest absolute Gasteiger partial charge is 0.135 e. The first-order valence-electron chi connectivity index (χ1n) is 6.10. The highest BCUT2D eigenvalue weighted by molar-refractivity contribution is 6.36. The first-order chi connectivity index (χ1) is 9.16. The molecule has 2 aromatic rings. The van der Waals surface area contributed by atoms with Gasteiger partial charge in [-0.2, -0.15) is 0 Å². The number of halogens is 2. The Bertz CT molecular complexity index is 638. The maximum absolute atomic E-state index is 9.56. The third-order valence-corrected chi connectivity index (χ3v) is 3.88. The molecule has 0 unspecified atom stereocenters. The van der Waals surface area contributed by atoms with E-state index in [2.05, 4.69) is 6.07 Å². The maximum atomic E-state index is 9.56. The fraction of sp³-hybridized carbons (Fsp3) is 0.200. The standard InChI is InChI=1S/C15H12Cl2O2/c16-12-8-14(18)13(17)7-11(12)10-5-1-3-9-4-2-6-19-15(9)10/h1,3,5,7-8,18H,2,4,6H2. The van der Waals surface area contributed by atoms with Gasteiger partial charge in [-0.15, -0.1) is 0 Å². The number of phenolic OH excluding ortho intramolecular Hbond substituents is 1. The lowest BCUT2D eigenvalue weighted by Crippen LogP contribution is -2.09. The third-order valence-electron chi connectivity index (χ3n) is 3.26. The van der Waals surface area contributed by atoms with E-state index in [1.54, 1.807) is 6.07 Å². The van der Waals surface area contributed by atoms with Crippen molar-refractivity contribution in [1.29, 1.82) is 0 Å². The molecule has 1 heterocycles. The van der Waals surface area contributed by atoms with Crippen molar-refractivity contribution in [2.75, 3.05) is 6.61 Å². The zero-order valence-corrected chi connectivity index (χ0v) is 11.6. The molecule has 0 aliphatic carbocycles. The van der Waals surface area contributed by atoms with Crippen molar-refractivity contribution in [1.82, 2.24) is 0 Å². The molecule has 0 saturated heterocycles. The summed E-state index contributed by atoms with van der Waals surface area (Å²) >= 11 is 12.2. The molecule has 0 aromatic heterocycles. The van der Waals surface area contributed by atoms with Crippen LogP contribution in [0.2, 0.25) is 10.0 Å². The van der Waals surface area contributed by atoms with Gasteiger partial charge in [0.15, 0.2) is 0 Å². The highest BCUT2D eigenvalue weighted by Crippen LogP contribution is 2.42. The summed E-state index contributed by atoms with van der Waals surface area (Å²) in [6.45, 7) is 0.716. The fourth-order valence-electron chi connectivity index (χ4n) is 2.34. The number of benzene rings is 2. The number of phenols is 1. The van der Waals surface area contributed by atoms with E-state index in [0.717, 1.165) is 29.7 Å². The average molecular weight is 295 g/mol. The van der Waals surface area contributed by atoms with E-state index in [-0.39, 0.29) is 10.8 Å². The number of fused-ring (bicyclic) bond motifs is 1. The summed E-state index contributed by atoms with van der Waals surface area (Å²) in [6.07, 6.45) is 2.03. The van der Waals surface area contributed by atoms with Crippen LogP contribution in [0.15, 0.2) is 30.3 Å². The molecule has 2 nitrogen and oxygen atoms in total. The second-order valence-electron chi connectivity index (χ2n) is 4.53. The van der Waals surface area contributed by atoms with Gasteiger partial charge in [0.1, 0.15) is 11.5 Å². The maximum Gasteiger partial charge on any atom is 0.135 e. The quantitative estimate of drug-likeness (QED) is 0.827. The lowest BCUT2D eigenvalue weighted by molar-refractivity contribution is 0.289. The first-order valence-corrected chi connectivity index (χ1v) is 6.85. The molecule has 1 N–H and O–H groups in total. The predicted molar refractivity (Wildman–Crippen MR) is 77.4 cm³/mol. The minimum Gasteiger partial charge on any atom is -0.506 e. The second-order valence-corrected chi connectivity index (χ2v) is 5.34. The Kier molecular flexibility index (Phi) is 3.29. The lowest BCUT2D eigenvalue weighted by atomic mass is 9.97. The molecule has 1 aliphatic heterocycles. The Morgan fingerprint density at radius 3 is 2.74 bits per heavy atom. The molecule has 98 valence electrons. The normalized spacial score (nSPS) is 13.8. The number of para-hydroxylation sites is 1. The lowest BCUT2D eigenvalue weighted by Gasteiger charge is -2.21. The van der Waals surface area contributed by atoms with E-state index in [0.29, 0.717) is 11.6 Å². The van der Waals surface area contributed by atoms with Crippen LogP contribution in [0.1, 0.15) is 12.0 Å². The second kappa shape index (κ2) is 4.95. The summed E-state index contributed by atoms with van der Waals surface area (Å²) in [4.78, 5) is 0. The summed E-state index contributed by atoms with van der Waals surface area (Å²) in [7, 11) is 0. The molecule has 0 spiro atoms. The molecule has 0 saturated carbocycles. The van der Waals surface area contributed by atoms with Crippen LogP contribution in [-0.4, -0.2) is 11.7 Å². The zero-order valence-electron chi connectivity index (χ0n) is 10.1. The van der Waals surface area contributed by atoms with Gasteiger partial charge in [-0.1, -0.05) is 41.4 Å². The van der Waals surface area contributed by atoms with E-state index in [4.69, 9.17) is 27.9 Å². The van der Waals surface area contributed by atoms with Crippen LogP contribution in [0.3, 0.4) is 0 Å². The summed E-state index contributed by atoms with van der Waals surface area (Å²) < 4.78 is 5.77. The van der Waals surface area contributed by atoms with Crippen LogP contribution in [0.4, 0.5) is 0 Å². The highest BCUT2D eigenvalue weighted by atomic mass is 35.5. The fourth-order valence-corrected chi connectivity index (χ4v) is 2.77. The Morgan fingerprint density at radius 2 is 1.89 bits per heavy atom. The number of rotatable bonds is 1. The van der Waals surface area contributed by atoms with Crippen LogP contribution in [0.5, 0.6) is 11.5 Å². The van der Waals surface area contributed by atoms with Gasteiger partial charge >= 0.3 is 0 Å². The van der Waals surface area contributed by atoms with Crippen LogP contribution in [0.25, 0.3) is 11.1 Å². The minimum atomic E-state index is -0.0128. The van der Waals surface area contributed by atoms with E-state index in [1.807, 2.05) is 12.1 Å². The minimum absolute atomic E-state index is 0.0128. The Morgan fingerprint density at radius 1 is 1.05 bits per heavy atom. The van der Waals surface area contributed by atoms with Crippen molar-refractivity contribution >= 4 is 23.2 Å². The molecular formula is C15H12Cl2O2. The van der Waals surface area contributed by atoms with Gasteiger partial charge in [-0.05, 0) is 24.5 Å². The van der Waals surface area contributed by atoms with Gasteiger partial charge in [-0.25, -0.2) is 0 Å². The van der Waals surface area contributed by atoms with Crippen LogP contribution in [0, 0.1) is 0 Å². The topological polar surface area (TPSA) is 29.5 Å². The molecule has 0 bridgehead atoms. The Hall–Kier alpha value is -1.38. The van der Waals surface area contributed by atoms with Gasteiger partial charge in [0.25, 0.3) is 0 Å². The van der Waals surface area contributed by atoms with Gasteiger partial charge in [0, 0.05) is 17.2 Å². The van der Waals surface area contributed by atoms with E-state index in [1.165, 1.54) is 11.6 Å². The molecule has 0 radical (unpaired) electrons. The van der Waals surface area contributed by atoms with Crippen LogP contribution >= 0.6 is 23.2 Å². The molecule has 0 atom stereocenters. The molecule has 1 aliphatic rings. The van der Waals surface area contributed by atoms with E-state index < -0.39 is 0 Å². The van der Waals surface area contributed by atoms with Gasteiger partial charge in [0.2, 0.25) is 0 Å². The molecule has 0 fully saturated rings.